The van der Waals surface area contributed by atoms with Gasteiger partial charge in [0.2, 0.25) is 5.91 Å². The third-order valence-corrected chi connectivity index (χ3v) is 3.58. The van der Waals surface area contributed by atoms with Crippen molar-refractivity contribution in [3.63, 3.8) is 0 Å². The molecule has 4 nitrogen and oxygen atoms in total. The number of carbonyl (C=O) groups excluding carboxylic acids is 2. The maximum atomic E-state index is 12.1. The molecule has 0 atom stereocenters. The molecule has 0 fully saturated rings. The third-order valence-electron chi connectivity index (χ3n) is 3.58. The van der Waals surface area contributed by atoms with E-state index in [2.05, 4.69) is 0 Å². The number of hydrogen-bond donors (Lipinski definition) is 1. The van der Waals surface area contributed by atoms with Crippen LogP contribution in [0.4, 0.5) is 0 Å². The molecule has 1 rings (SSSR count). The number of Topliss-reactive ketones (excluding diaryl/α,β-unsaturated/α-hetero) is 1. The molecule has 124 valence electrons. The van der Waals surface area contributed by atoms with Crippen LogP contribution in [0.3, 0.4) is 0 Å². The Hall–Kier alpha value is -1.39. The number of nitrogens with zero attached hydrogens (tertiary/aromatic N) is 1. The first-order valence-electron chi connectivity index (χ1n) is 7.29. The fraction of sp³-hybridized carbons (Fsp3) is 0.529. The molecule has 0 aliphatic carbocycles. The molecule has 0 aromatic heterocycles. The van der Waals surface area contributed by atoms with Gasteiger partial charge in [-0.05, 0) is 18.9 Å². The molecule has 0 aliphatic rings. The highest BCUT2D eigenvalue weighted by molar-refractivity contribution is 5.97. The maximum Gasteiger partial charge on any atom is 0.222 e. The van der Waals surface area contributed by atoms with Crippen LogP contribution in [0, 0.1) is 12.3 Å². The second-order valence-electron chi connectivity index (χ2n) is 6.41. The number of rotatable bonds is 7. The second-order valence-corrected chi connectivity index (χ2v) is 6.41. The van der Waals surface area contributed by atoms with Crippen LogP contribution >= 0.6 is 12.4 Å². The van der Waals surface area contributed by atoms with Crippen LogP contribution in [-0.2, 0) is 4.79 Å². The van der Waals surface area contributed by atoms with Gasteiger partial charge in [-0.25, -0.2) is 0 Å². The molecule has 0 spiro atoms. The zero-order valence-electron chi connectivity index (χ0n) is 13.9. The van der Waals surface area contributed by atoms with Gasteiger partial charge in [0.05, 0.1) is 0 Å². The Morgan fingerprint density at radius 2 is 1.68 bits per heavy atom. The smallest absolute Gasteiger partial charge is 0.222 e. The van der Waals surface area contributed by atoms with Gasteiger partial charge in [0.1, 0.15) is 0 Å². The van der Waals surface area contributed by atoms with E-state index in [4.69, 9.17) is 5.73 Å². The van der Waals surface area contributed by atoms with Crippen LogP contribution in [0.15, 0.2) is 24.3 Å². The van der Waals surface area contributed by atoms with Crippen LogP contribution in [0.1, 0.15) is 42.6 Å². The van der Waals surface area contributed by atoms with E-state index in [-0.39, 0.29) is 42.4 Å². The van der Waals surface area contributed by atoms with Crippen molar-refractivity contribution in [3.05, 3.63) is 35.4 Å². The summed E-state index contributed by atoms with van der Waals surface area (Å²) in [6.45, 7) is 7.14. The van der Waals surface area contributed by atoms with Gasteiger partial charge in [-0.15, -0.1) is 12.4 Å². The fourth-order valence-corrected chi connectivity index (χ4v) is 2.09. The zero-order chi connectivity index (χ0) is 16.0. The molecule has 0 aliphatic heterocycles. The first kappa shape index (κ1) is 20.6. The first-order valence-corrected chi connectivity index (χ1v) is 7.29. The first-order chi connectivity index (χ1) is 9.75. The Morgan fingerprint density at radius 1 is 1.14 bits per heavy atom. The number of halogens is 1. The molecule has 1 amide bonds. The lowest BCUT2D eigenvalue weighted by molar-refractivity contribution is -0.131. The van der Waals surface area contributed by atoms with E-state index in [0.29, 0.717) is 18.7 Å². The van der Waals surface area contributed by atoms with Crippen molar-refractivity contribution < 1.29 is 9.59 Å². The van der Waals surface area contributed by atoms with E-state index in [0.717, 1.165) is 5.56 Å². The van der Waals surface area contributed by atoms with Crippen molar-refractivity contribution in [1.29, 1.82) is 0 Å². The van der Waals surface area contributed by atoms with Gasteiger partial charge in [-0.2, -0.15) is 0 Å². The monoisotopic (exact) mass is 326 g/mol. The van der Waals surface area contributed by atoms with E-state index in [9.17, 15) is 9.59 Å². The lowest BCUT2D eigenvalue weighted by atomic mass is 9.93. The highest BCUT2D eigenvalue weighted by Gasteiger charge is 2.21. The van der Waals surface area contributed by atoms with Gasteiger partial charge in [0.15, 0.2) is 5.78 Å². The van der Waals surface area contributed by atoms with Crippen molar-refractivity contribution >= 4 is 24.1 Å². The number of nitrogens with two attached hydrogens (primary N) is 1. The number of carbonyl (C=O) groups is 2. The molecule has 0 saturated heterocycles. The quantitative estimate of drug-likeness (QED) is 0.784. The SMILES string of the molecule is Cc1ccc(C(=O)CCC(=O)N(C)CC(C)(C)CN)cc1.Cl. The standard InChI is InChI=1S/C17H26N2O2.ClH/c1-13-5-7-14(8-6-13)15(20)9-10-16(21)19(4)12-17(2,3)11-18;/h5-8H,9-12,18H2,1-4H3;1H. The van der Waals surface area contributed by atoms with Gasteiger partial charge in [-0.1, -0.05) is 43.7 Å². The Balaban J connectivity index is 0.00000441. The van der Waals surface area contributed by atoms with Crippen molar-refractivity contribution in [2.75, 3.05) is 20.1 Å². The molecule has 1 aromatic carbocycles. The van der Waals surface area contributed by atoms with Gasteiger partial charge < -0.3 is 10.6 Å². The van der Waals surface area contributed by atoms with Gasteiger partial charge >= 0.3 is 0 Å². The average molecular weight is 327 g/mol. The summed E-state index contributed by atoms with van der Waals surface area (Å²) >= 11 is 0. The minimum absolute atomic E-state index is 0. The van der Waals surface area contributed by atoms with Crippen LogP contribution in [0.25, 0.3) is 0 Å². The molecular formula is C17H27ClN2O2. The highest BCUT2D eigenvalue weighted by Crippen LogP contribution is 2.15. The summed E-state index contributed by atoms with van der Waals surface area (Å²) in [4.78, 5) is 25.8. The summed E-state index contributed by atoms with van der Waals surface area (Å²) in [5.74, 6) is -0.00757. The number of aryl methyl sites for hydroxylation is 1. The average Bonchev–Trinajstić information content (AvgIpc) is 2.44. The van der Waals surface area contributed by atoms with E-state index in [1.165, 1.54) is 0 Å². The Labute approximate surface area is 139 Å². The van der Waals surface area contributed by atoms with Gasteiger partial charge in [0, 0.05) is 32.0 Å². The van der Waals surface area contributed by atoms with E-state index in [1.54, 1.807) is 11.9 Å². The number of ketones is 1. The molecule has 1 aromatic rings. The Morgan fingerprint density at radius 3 is 2.18 bits per heavy atom. The summed E-state index contributed by atoms with van der Waals surface area (Å²) in [5, 5.41) is 0. The van der Waals surface area contributed by atoms with Crippen molar-refractivity contribution in [3.8, 4) is 0 Å². The third kappa shape index (κ3) is 6.58. The second kappa shape index (κ2) is 8.91. The Kier molecular flexibility index (Phi) is 8.35. The van der Waals surface area contributed by atoms with E-state index in [1.807, 2.05) is 45.0 Å². The molecule has 0 unspecified atom stereocenters. The van der Waals surface area contributed by atoms with Crippen LogP contribution in [0.5, 0.6) is 0 Å². The van der Waals surface area contributed by atoms with Gasteiger partial charge in [0.25, 0.3) is 0 Å². The minimum atomic E-state index is -0.106. The highest BCUT2D eigenvalue weighted by atomic mass is 35.5. The Bertz CT molecular complexity index is 498. The summed E-state index contributed by atoms with van der Waals surface area (Å²) in [5.41, 5.74) is 7.35. The fourth-order valence-electron chi connectivity index (χ4n) is 2.09. The van der Waals surface area contributed by atoms with E-state index >= 15 is 0 Å². The minimum Gasteiger partial charge on any atom is -0.345 e. The normalized spacial score (nSPS) is 10.8. The van der Waals surface area contributed by atoms with Crippen LogP contribution in [-0.4, -0.2) is 36.7 Å². The number of benzene rings is 1. The van der Waals surface area contributed by atoms with E-state index < -0.39 is 0 Å². The van der Waals surface area contributed by atoms with Crippen LogP contribution < -0.4 is 5.73 Å². The summed E-state index contributed by atoms with van der Waals surface area (Å²) in [7, 11) is 1.76. The zero-order valence-corrected chi connectivity index (χ0v) is 14.7. The summed E-state index contributed by atoms with van der Waals surface area (Å²) < 4.78 is 0. The van der Waals surface area contributed by atoms with Crippen molar-refractivity contribution in [2.45, 2.75) is 33.6 Å². The number of amides is 1. The maximum absolute atomic E-state index is 12.1. The molecule has 0 radical (unpaired) electrons. The lowest BCUT2D eigenvalue weighted by Crippen LogP contribution is -2.39. The lowest BCUT2D eigenvalue weighted by Gasteiger charge is -2.29. The topological polar surface area (TPSA) is 63.4 Å². The molecule has 0 heterocycles. The largest absolute Gasteiger partial charge is 0.345 e. The molecular weight excluding hydrogens is 300 g/mol. The summed E-state index contributed by atoms with van der Waals surface area (Å²) in [6, 6.07) is 7.43. The van der Waals surface area contributed by atoms with Crippen LogP contribution in [0.2, 0.25) is 0 Å². The summed E-state index contributed by atoms with van der Waals surface area (Å²) in [6.07, 6.45) is 0.485. The predicted molar refractivity (Wildman–Crippen MR) is 92.5 cm³/mol. The molecule has 0 bridgehead atoms. The van der Waals surface area contributed by atoms with Gasteiger partial charge in [-0.3, -0.25) is 9.59 Å². The van der Waals surface area contributed by atoms with Crippen molar-refractivity contribution in [2.24, 2.45) is 11.1 Å². The molecule has 0 saturated carbocycles. The number of hydrogen-bond acceptors (Lipinski definition) is 3. The molecule has 2 N–H and O–H groups in total. The van der Waals surface area contributed by atoms with Crippen molar-refractivity contribution in [1.82, 2.24) is 4.90 Å². The predicted octanol–water partition coefficient (Wildman–Crippen LogP) is 2.82. The molecule has 5 heteroatoms. The molecule has 22 heavy (non-hydrogen) atoms.